The smallest absolute Gasteiger partial charge is 0.224 e. The Balaban J connectivity index is 1.50. The summed E-state index contributed by atoms with van der Waals surface area (Å²) in [6.45, 7) is 0.874. The Bertz CT molecular complexity index is 461. The third kappa shape index (κ3) is 2.50. The molecule has 3 rings (SSSR count). The predicted octanol–water partition coefficient (Wildman–Crippen LogP) is 2.12. The van der Waals surface area contributed by atoms with Crippen LogP contribution in [-0.4, -0.2) is 12.5 Å². The number of hydrogen-bond donors (Lipinski definition) is 2. The molecule has 3 N–H and O–H groups in total. The molecule has 0 heterocycles. The van der Waals surface area contributed by atoms with E-state index in [0.717, 1.165) is 23.7 Å². The van der Waals surface area contributed by atoms with E-state index in [1.54, 1.807) is 0 Å². The molecule has 0 atom stereocenters. The molecule has 2 aliphatic carbocycles. The topological polar surface area (TPSA) is 55.1 Å². The van der Waals surface area contributed by atoms with E-state index < -0.39 is 0 Å². The second-order valence-corrected chi connectivity index (χ2v) is 5.84. The molecule has 1 aromatic rings. The van der Waals surface area contributed by atoms with Crippen LogP contribution in [0.2, 0.25) is 0 Å². The lowest BCUT2D eigenvalue weighted by Gasteiger charge is -2.15. The van der Waals surface area contributed by atoms with Crippen molar-refractivity contribution >= 4 is 11.6 Å². The molecular weight excluding hydrogens is 224 g/mol. The highest BCUT2D eigenvalue weighted by atomic mass is 16.1. The van der Waals surface area contributed by atoms with Crippen LogP contribution in [0, 0.1) is 11.3 Å². The first-order valence-corrected chi connectivity index (χ1v) is 6.79. The number of anilines is 1. The van der Waals surface area contributed by atoms with Gasteiger partial charge in [0.15, 0.2) is 0 Å². The Kier molecular flexibility index (Phi) is 2.77. The Morgan fingerprint density at radius 2 is 2.17 bits per heavy atom. The Labute approximate surface area is 108 Å². The van der Waals surface area contributed by atoms with Gasteiger partial charge in [0.1, 0.15) is 0 Å². The van der Waals surface area contributed by atoms with Gasteiger partial charge < -0.3 is 11.1 Å². The molecule has 0 saturated heterocycles. The van der Waals surface area contributed by atoms with Crippen molar-refractivity contribution in [1.29, 1.82) is 0 Å². The molecule has 96 valence electrons. The highest BCUT2D eigenvalue weighted by Crippen LogP contribution is 2.60. The summed E-state index contributed by atoms with van der Waals surface area (Å²) in [6.07, 6.45) is 5.77. The largest absolute Gasteiger partial charge is 0.399 e. The maximum absolute atomic E-state index is 11.9. The molecular formula is C15H20N2O. The molecule has 1 aromatic carbocycles. The van der Waals surface area contributed by atoms with Crippen LogP contribution in [0.25, 0.3) is 0 Å². The van der Waals surface area contributed by atoms with Gasteiger partial charge in [-0.05, 0) is 54.7 Å². The monoisotopic (exact) mass is 244 g/mol. The summed E-state index contributed by atoms with van der Waals surface area (Å²) < 4.78 is 0. The van der Waals surface area contributed by atoms with Crippen molar-refractivity contribution in [2.45, 2.75) is 32.1 Å². The molecule has 0 aromatic heterocycles. The minimum Gasteiger partial charge on any atom is -0.399 e. The van der Waals surface area contributed by atoms with E-state index in [4.69, 9.17) is 5.73 Å². The van der Waals surface area contributed by atoms with Gasteiger partial charge in [-0.2, -0.15) is 0 Å². The van der Waals surface area contributed by atoms with E-state index in [0.29, 0.717) is 11.8 Å². The Hall–Kier alpha value is -1.51. The molecule has 3 nitrogen and oxygen atoms in total. The number of amides is 1. The number of hydrogen-bond acceptors (Lipinski definition) is 2. The van der Waals surface area contributed by atoms with Crippen molar-refractivity contribution in [2.75, 3.05) is 12.3 Å². The Morgan fingerprint density at radius 1 is 1.39 bits per heavy atom. The van der Waals surface area contributed by atoms with E-state index in [9.17, 15) is 4.79 Å². The number of carbonyl (C=O) groups is 1. The molecule has 2 saturated carbocycles. The van der Waals surface area contributed by atoms with Gasteiger partial charge in [-0.25, -0.2) is 0 Å². The van der Waals surface area contributed by atoms with Gasteiger partial charge in [-0.15, -0.1) is 0 Å². The average molecular weight is 244 g/mol. The number of carbonyl (C=O) groups excluding carboxylic acids is 1. The maximum Gasteiger partial charge on any atom is 0.224 e. The van der Waals surface area contributed by atoms with E-state index in [-0.39, 0.29) is 5.91 Å². The summed E-state index contributed by atoms with van der Waals surface area (Å²) >= 11 is 0. The Morgan fingerprint density at radius 3 is 2.78 bits per heavy atom. The fourth-order valence-electron chi connectivity index (χ4n) is 2.81. The number of nitrogen functional groups attached to an aromatic ring is 1. The summed E-state index contributed by atoms with van der Waals surface area (Å²) in [5, 5.41) is 3.09. The highest BCUT2D eigenvalue weighted by Gasteiger charge is 2.53. The molecule has 0 spiro atoms. The van der Waals surface area contributed by atoms with Gasteiger partial charge in [0, 0.05) is 12.2 Å². The third-order valence-electron chi connectivity index (χ3n) is 4.29. The van der Waals surface area contributed by atoms with Crippen LogP contribution < -0.4 is 11.1 Å². The van der Waals surface area contributed by atoms with Crippen LogP contribution >= 0.6 is 0 Å². The second kappa shape index (κ2) is 4.30. The minimum atomic E-state index is 0.118. The molecule has 0 radical (unpaired) electrons. The van der Waals surface area contributed by atoms with Crippen LogP contribution in [0.15, 0.2) is 24.3 Å². The molecule has 2 aliphatic rings. The standard InChI is InChI=1S/C15H20N2O/c16-13-3-1-2-11(8-13)9-14(18)17-10-15(6-7-15)12-4-5-12/h1-3,8,12H,4-7,9-10,16H2,(H,17,18). The molecule has 1 amide bonds. The van der Waals surface area contributed by atoms with Crippen LogP contribution in [0.4, 0.5) is 5.69 Å². The lowest BCUT2D eigenvalue weighted by atomic mass is 10.0. The molecule has 0 bridgehead atoms. The van der Waals surface area contributed by atoms with Crippen molar-refractivity contribution in [3.8, 4) is 0 Å². The molecule has 2 fully saturated rings. The number of rotatable bonds is 5. The maximum atomic E-state index is 11.9. The van der Waals surface area contributed by atoms with Crippen LogP contribution in [0.5, 0.6) is 0 Å². The minimum absolute atomic E-state index is 0.118. The summed E-state index contributed by atoms with van der Waals surface area (Å²) in [5.74, 6) is 1.01. The summed E-state index contributed by atoms with van der Waals surface area (Å²) in [5.41, 5.74) is 7.89. The van der Waals surface area contributed by atoms with Crippen molar-refractivity contribution < 1.29 is 4.79 Å². The quantitative estimate of drug-likeness (QED) is 0.779. The fourth-order valence-corrected chi connectivity index (χ4v) is 2.81. The van der Waals surface area contributed by atoms with Crippen molar-refractivity contribution in [1.82, 2.24) is 5.32 Å². The zero-order valence-electron chi connectivity index (χ0n) is 10.6. The first-order chi connectivity index (χ1) is 8.68. The van der Waals surface area contributed by atoms with Gasteiger partial charge >= 0.3 is 0 Å². The lowest BCUT2D eigenvalue weighted by Crippen LogP contribution is -2.32. The van der Waals surface area contributed by atoms with Gasteiger partial charge in [-0.3, -0.25) is 4.79 Å². The van der Waals surface area contributed by atoms with E-state index in [1.165, 1.54) is 25.7 Å². The van der Waals surface area contributed by atoms with Crippen molar-refractivity contribution in [3.63, 3.8) is 0 Å². The predicted molar refractivity (Wildman–Crippen MR) is 72.0 cm³/mol. The molecule has 3 heteroatoms. The van der Waals surface area contributed by atoms with Crippen molar-refractivity contribution in [2.24, 2.45) is 11.3 Å². The third-order valence-corrected chi connectivity index (χ3v) is 4.29. The normalized spacial score (nSPS) is 20.4. The van der Waals surface area contributed by atoms with E-state index in [1.807, 2.05) is 24.3 Å². The SMILES string of the molecule is Nc1cccc(CC(=O)NCC2(C3CC3)CC2)c1. The van der Waals surface area contributed by atoms with Gasteiger partial charge in [0.05, 0.1) is 6.42 Å². The van der Waals surface area contributed by atoms with Gasteiger partial charge in [0.2, 0.25) is 5.91 Å². The second-order valence-electron chi connectivity index (χ2n) is 5.84. The number of nitrogens with two attached hydrogens (primary N) is 1. The van der Waals surface area contributed by atoms with Crippen LogP contribution in [-0.2, 0) is 11.2 Å². The zero-order chi connectivity index (χ0) is 12.6. The zero-order valence-corrected chi connectivity index (χ0v) is 10.6. The average Bonchev–Trinajstić information content (AvgIpc) is 3.19. The number of benzene rings is 1. The van der Waals surface area contributed by atoms with Crippen molar-refractivity contribution in [3.05, 3.63) is 29.8 Å². The summed E-state index contributed by atoms with van der Waals surface area (Å²) in [4.78, 5) is 11.9. The first-order valence-electron chi connectivity index (χ1n) is 6.79. The number of nitrogens with one attached hydrogen (secondary N) is 1. The van der Waals surface area contributed by atoms with E-state index >= 15 is 0 Å². The highest BCUT2D eigenvalue weighted by molar-refractivity contribution is 5.78. The molecule has 0 unspecified atom stereocenters. The van der Waals surface area contributed by atoms with Crippen LogP contribution in [0.1, 0.15) is 31.2 Å². The first kappa shape index (κ1) is 11.6. The molecule has 18 heavy (non-hydrogen) atoms. The van der Waals surface area contributed by atoms with E-state index in [2.05, 4.69) is 5.32 Å². The fraction of sp³-hybridized carbons (Fsp3) is 0.533. The lowest BCUT2D eigenvalue weighted by molar-refractivity contribution is -0.120. The van der Waals surface area contributed by atoms with Gasteiger partial charge in [-0.1, -0.05) is 12.1 Å². The summed E-state index contributed by atoms with van der Waals surface area (Å²) in [6, 6.07) is 7.55. The van der Waals surface area contributed by atoms with Crippen LogP contribution in [0.3, 0.4) is 0 Å². The summed E-state index contributed by atoms with van der Waals surface area (Å²) in [7, 11) is 0. The molecule has 0 aliphatic heterocycles. The van der Waals surface area contributed by atoms with Gasteiger partial charge in [0.25, 0.3) is 0 Å².